The first kappa shape index (κ1) is 14.5. The third-order valence-electron chi connectivity index (χ3n) is 4.32. The molecular weight excluding hydrogens is 266 g/mol. The van der Waals surface area contributed by atoms with Crippen LogP contribution in [0, 0.1) is 0 Å². The largest absolute Gasteiger partial charge is 0.379 e. The molecule has 2 heterocycles. The number of nitrogens with zero attached hydrogens (tertiary/aromatic N) is 1. The van der Waals surface area contributed by atoms with Gasteiger partial charge in [0.1, 0.15) is 6.10 Å². The van der Waals surface area contributed by atoms with E-state index in [4.69, 9.17) is 9.47 Å². The van der Waals surface area contributed by atoms with Crippen LogP contribution in [0.2, 0.25) is 0 Å². The molecule has 114 valence electrons. The van der Waals surface area contributed by atoms with Crippen molar-refractivity contribution in [3.05, 3.63) is 35.9 Å². The van der Waals surface area contributed by atoms with Gasteiger partial charge in [0.25, 0.3) is 5.91 Å². The minimum atomic E-state index is -0.235. The molecule has 1 aromatic carbocycles. The van der Waals surface area contributed by atoms with Crippen LogP contribution in [-0.2, 0) is 20.7 Å². The molecule has 0 aromatic heterocycles. The number of benzene rings is 1. The molecule has 2 atom stereocenters. The van der Waals surface area contributed by atoms with Gasteiger partial charge in [-0.1, -0.05) is 30.3 Å². The Hall–Kier alpha value is -1.39. The maximum absolute atomic E-state index is 12.7. The predicted octanol–water partition coefficient (Wildman–Crippen LogP) is 2.03. The molecule has 3 rings (SSSR count). The summed E-state index contributed by atoms with van der Waals surface area (Å²) in [6.45, 7) is 2.87. The second-order valence-electron chi connectivity index (χ2n) is 5.79. The van der Waals surface area contributed by atoms with E-state index in [0.717, 1.165) is 38.8 Å². The second kappa shape index (κ2) is 7.05. The van der Waals surface area contributed by atoms with Crippen molar-refractivity contribution >= 4 is 5.91 Å². The van der Waals surface area contributed by atoms with Crippen LogP contribution < -0.4 is 0 Å². The lowest BCUT2D eigenvalue weighted by atomic mass is 10.1. The number of rotatable bonds is 5. The summed E-state index contributed by atoms with van der Waals surface area (Å²) in [5.41, 5.74) is 1.27. The van der Waals surface area contributed by atoms with E-state index in [-0.39, 0.29) is 18.1 Å². The van der Waals surface area contributed by atoms with Crippen molar-refractivity contribution in [3.63, 3.8) is 0 Å². The van der Waals surface area contributed by atoms with Crippen LogP contribution in [0.25, 0.3) is 0 Å². The summed E-state index contributed by atoms with van der Waals surface area (Å²) in [6.07, 6.45) is 3.43. The summed E-state index contributed by atoms with van der Waals surface area (Å²) in [5, 5.41) is 0. The van der Waals surface area contributed by atoms with Crippen LogP contribution in [0.4, 0.5) is 0 Å². The molecule has 2 saturated heterocycles. The van der Waals surface area contributed by atoms with Crippen molar-refractivity contribution in [2.75, 3.05) is 26.4 Å². The van der Waals surface area contributed by atoms with Gasteiger partial charge in [-0.3, -0.25) is 4.79 Å². The Kier molecular flexibility index (Phi) is 4.88. The Balaban J connectivity index is 1.65. The number of ether oxygens (including phenoxy) is 2. The van der Waals surface area contributed by atoms with Crippen molar-refractivity contribution in [2.24, 2.45) is 0 Å². The van der Waals surface area contributed by atoms with Crippen molar-refractivity contribution in [2.45, 2.75) is 37.8 Å². The summed E-state index contributed by atoms with van der Waals surface area (Å²) >= 11 is 0. The monoisotopic (exact) mass is 289 g/mol. The molecule has 0 bridgehead atoms. The SMILES string of the molecule is O=C([C@@H]1CCCO1)N(CCc1ccccc1)[C@@H]1CCOC1. The van der Waals surface area contributed by atoms with Crippen LogP contribution in [0.3, 0.4) is 0 Å². The first-order valence-corrected chi connectivity index (χ1v) is 7.88. The van der Waals surface area contributed by atoms with Gasteiger partial charge in [-0.15, -0.1) is 0 Å². The standard InChI is InChI=1S/C17H23NO3/c19-17(16-7-4-11-21-16)18(15-9-12-20-13-15)10-8-14-5-2-1-3-6-14/h1-3,5-6,15-16H,4,7-13H2/t15-,16+/m1/s1. The van der Waals surface area contributed by atoms with E-state index < -0.39 is 0 Å². The normalized spacial score (nSPS) is 25.1. The van der Waals surface area contributed by atoms with Gasteiger partial charge in [-0.2, -0.15) is 0 Å². The fourth-order valence-corrected chi connectivity index (χ4v) is 3.09. The third-order valence-corrected chi connectivity index (χ3v) is 4.32. The summed E-state index contributed by atoms with van der Waals surface area (Å²) in [5.74, 6) is 0.152. The minimum Gasteiger partial charge on any atom is -0.379 e. The molecule has 2 fully saturated rings. The molecule has 1 amide bonds. The van der Waals surface area contributed by atoms with Gasteiger partial charge < -0.3 is 14.4 Å². The molecule has 0 unspecified atom stereocenters. The Labute approximate surface area is 126 Å². The zero-order chi connectivity index (χ0) is 14.5. The highest BCUT2D eigenvalue weighted by Gasteiger charge is 2.33. The molecule has 4 heteroatoms. The topological polar surface area (TPSA) is 38.8 Å². The summed E-state index contributed by atoms with van der Waals surface area (Å²) in [7, 11) is 0. The van der Waals surface area contributed by atoms with E-state index in [1.165, 1.54) is 5.56 Å². The Morgan fingerprint density at radius 1 is 1.19 bits per heavy atom. The highest BCUT2D eigenvalue weighted by Crippen LogP contribution is 2.20. The zero-order valence-electron chi connectivity index (χ0n) is 12.4. The smallest absolute Gasteiger partial charge is 0.252 e. The predicted molar refractivity (Wildman–Crippen MR) is 80.1 cm³/mol. The van der Waals surface area contributed by atoms with Gasteiger partial charge in [-0.25, -0.2) is 0 Å². The average Bonchev–Trinajstić information content (AvgIpc) is 3.22. The minimum absolute atomic E-state index is 0.152. The molecule has 4 nitrogen and oxygen atoms in total. The van der Waals surface area contributed by atoms with Crippen LogP contribution in [0.1, 0.15) is 24.8 Å². The Morgan fingerprint density at radius 3 is 2.71 bits per heavy atom. The van der Waals surface area contributed by atoms with Gasteiger partial charge in [0.15, 0.2) is 0 Å². The van der Waals surface area contributed by atoms with Crippen molar-refractivity contribution in [1.82, 2.24) is 4.90 Å². The van der Waals surface area contributed by atoms with Crippen LogP contribution in [0.15, 0.2) is 30.3 Å². The number of amides is 1. The molecule has 2 aliphatic heterocycles. The second-order valence-corrected chi connectivity index (χ2v) is 5.79. The molecule has 1 aromatic rings. The molecule has 0 aliphatic carbocycles. The molecular formula is C17H23NO3. The lowest BCUT2D eigenvalue weighted by Gasteiger charge is -2.30. The molecule has 0 radical (unpaired) electrons. The van der Waals surface area contributed by atoms with Gasteiger partial charge in [-0.05, 0) is 31.2 Å². The third kappa shape index (κ3) is 3.63. The summed E-state index contributed by atoms with van der Waals surface area (Å²) < 4.78 is 11.0. The molecule has 0 saturated carbocycles. The number of hydrogen-bond acceptors (Lipinski definition) is 3. The molecule has 2 aliphatic rings. The lowest BCUT2D eigenvalue weighted by molar-refractivity contribution is -0.143. The fraction of sp³-hybridized carbons (Fsp3) is 0.588. The maximum Gasteiger partial charge on any atom is 0.252 e. The molecule has 0 spiro atoms. The van der Waals surface area contributed by atoms with Crippen LogP contribution in [-0.4, -0.2) is 49.3 Å². The summed E-state index contributed by atoms with van der Waals surface area (Å²) in [4.78, 5) is 14.7. The number of carbonyl (C=O) groups excluding carboxylic acids is 1. The fourth-order valence-electron chi connectivity index (χ4n) is 3.09. The molecule has 21 heavy (non-hydrogen) atoms. The Bertz CT molecular complexity index is 450. The van der Waals surface area contributed by atoms with Crippen LogP contribution >= 0.6 is 0 Å². The highest BCUT2D eigenvalue weighted by molar-refractivity contribution is 5.81. The van der Waals surface area contributed by atoms with Gasteiger partial charge in [0.2, 0.25) is 0 Å². The van der Waals surface area contributed by atoms with Gasteiger partial charge in [0, 0.05) is 19.8 Å². The first-order valence-electron chi connectivity index (χ1n) is 7.88. The number of carbonyl (C=O) groups is 1. The zero-order valence-corrected chi connectivity index (χ0v) is 12.4. The van der Waals surface area contributed by atoms with E-state index in [9.17, 15) is 4.79 Å². The van der Waals surface area contributed by atoms with Crippen molar-refractivity contribution in [1.29, 1.82) is 0 Å². The number of hydrogen-bond donors (Lipinski definition) is 0. The Morgan fingerprint density at radius 2 is 2.05 bits per heavy atom. The van der Waals surface area contributed by atoms with E-state index in [1.54, 1.807) is 0 Å². The van der Waals surface area contributed by atoms with Crippen molar-refractivity contribution in [3.8, 4) is 0 Å². The van der Waals surface area contributed by atoms with Crippen LogP contribution in [0.5, 0.6) is 0 Å². The highest BCUT2D eigenvalue weighted by atomic mass is 16.5. The van der Waals surface area contributed by atoms with Gasteiger partial charge >= 0.3 is 0 Å². The average molecular weight is 289 g/mol. The van der Waals surface area contributed by atoms with Gasteiger partial charge in [0.05, 0.1) is 12.6 Å². The summed E-state index contributed by atoms with van der Waals surface area (Å²) in [6, 6.07) is 10.5. The van der Waals surface area contributed by atoms with E-state index in [0.29, 0.717) is 13.2 Å². The molecule has 0 N–H and O–H groups in total. The maximum atomic E-state index is 12.7. The van der Waals surface area contributed by atoms with Crippen molar-refractivity contribution < 1.29 is 14.3 Å². The van der Waals surface area contributed by atoms with E-state index in [2.05, 4.69) is 12.1 Å². The van der Waals surface area contributed by atoms with E-state index in [1.807, 2.05) is 23.1 Å². The quantitative estimate of drug-likeness (QED) is 0.832. The first-order chi connectivity index (χ1) is 10.3. The lowest BCUT2D eigenvalue weighted by Crippen LogP contribution is -2.46. The van der Waals surface area contributed by atoms with E-state index >= 15 is 0 Å².